The van der Waals surface area contributed by atoms with Gasteiger partial charge in [0.05, 0.1) is 12.8 Å². The number of nitrogens with one attached hydrogen (secondary N) is 1. The van der Waals surface area contributed by atoms with Crippen LogP contribution in [0.5, 0.6) is 5.75 Å². The van der Waals surface area contributed by atoms with Gasteiger partial charge in [-0.05, 0) is 42.9 Å². The Labute approximate surface area is 122 Å². The zero-order valence-electron chi connectivity index (χ0n) is 11.4. The number of thiocarbonyl (C=S) groups is 1. The van der Waals surface area contributed by atoms with E-state index in [0.29, 0.717) is 12.4 Å². The highest BCUT2D eigenvalue weighted by molar-refractivity contribution is 7.80. The Morgan fingerprint density at radius 1 is 1.55 bits per heavy atom. The highest BCUT2D eigenvalue weighted by atomic mass is 32.1. The lowest BCUT2D eigenvalue weighted by atomic mass is 10.1. The van der Waals surface area contributed by atoms with Gasteiger partial charge in [0.15, 0.2) is 5.11 Å². The number of rotatable bonds is 6. The van der Waals surface area contributed by atoms with Crippen LogP contribution in [0.4, 0.5) is 0 Å². The average Bonchev–Trinajstić information content (AvgIpc) is 2.38. The molecule has 7 heteroatoms. The Balaban J connectivity index is 2.87. The van der Waals surface area contributed by atoms with Crippen molar-refractivity contribution in [1.29, 1.82) is 0 Å². The molecule has 0 spiro atoms. The van der Waals surface area contributed by atoms with Crippen molar-refractivity contribution in [3.05, 3.63) is 29.3 Å². The van der Waals surface area contributed by atoms with Gasteiger partial charge in [-0.15, -0.1) is 0 Å². The molecule has 108 valence electrons. The monoisotopic (exact) mass is 295 g/mol. The standard InChI is InChI=1S/C13H17N3O3S/c1-3-18-12-5-4-10(7-15-16-13(14)20)6-11(12)8-19-9(2)17/h4-7H,3,8H2,1-2H3,(H3,14,16,20). The van der Waals surface area contributed by atoms with Gasteiger partial charge >= 0.3 is 5.97 Å². The molecule has 1 aromatic rings. The van der Waals surface area contributed by atoms with Crippen molar-refractivity contribution in [2.24, 2.45) is 10.8 Å². The van der Waals surface area contributed by atoms with Crippen molar-refractivity contribution in [1.82, 2.24) is 5.43 Å². The molecule has 20 heavy (non-hydrogen) atoms. The number of ether oxygens (including phenoxy) is 2. The summed E-state index contributed by atoms with van der Waals surface area (Å²) in [5, 5.41) is 3.95. The van der Waals surface area contributed by atoms with E-state index in [1.807, 2.05) is 19.1 Å². The first-order chi connectivity index (χ1) is 9.52. The van der Waals surface area contributed by atoms with E-state index in [1.165, 1.54) is 6.92 Å². The van der Waals surface area contributed by atoms with E-state index in [0.717, 1.165) is 11.1 Å². The molecule has 0 saturated heterocycles. The lowest BCUT2D eigenvalue weighted by molar-refractivity contribution is -0.142. The van der Waals surface area contributed by atoms with Crippen LogP contribution >= 0.6 is 12.2 Å². The lowest BCUT2D eigenvalue weighted by Crippen LogP contribution is -2.24. The maximum atomic E-state index is 10.9. The van der Waals surface area contributed by atoms with Gasteiger partial charge in [0.2, 0.25) is 0 Å². The molecule has 1 rings (SSSR count). The molecule has 0 saturated carbocycles. The molecule has 0 radical (unpaired) electrons. The van der Waals surface area contributed by atoms with Gasteiger partial charge in [0.1, 0.15) is 12.4 Å². The summed E-state index contributed by atoms with van der Waals surface area (Å²) < 4.78 is 10.5. The molecule has 0 heterocycles. The number of hydrogen-bond acceptors (Lipinski definition) is 5. The fourth-order valence-corrected chi connectivity index (χ4v) is 1.49. The SMILES string of the molecule is CCOc1ccc(C=NNC(N)=S)cc1COC(C)=O. The van der Waals surface area contributed by atoms with E-state index >= 15 is 0 Å². The first-order valence-electron chi connectivity index (χ1n) is 6.00. The number of hydrazone groups is 1. The summed E-state index contributed by atoms with van der Waals surface area (Å²) >= 11 is 4.64. The predicted octanol–water partition coefficient (Wildman–Crippen LogP) is 1.32. The molecule has 0 aliphatic carbocycles. The van der Waals surface area contributed by atoms with Crippen LogP contribution < -0.4 is 15.9 Å². The number of carbonyl (C=O) groups excluding carboxylic acids is 1. The Morgan fingerprint density at radius 3 is 2.90 bits per heavy atom. The summed E-state index contributed by atoms with van der Waals surface area (Å²) in [6, 6.07) is 5.44. The van der Waals surface area contributed by atoms with Crippen LogP contribution in [0.3, 0.4) is 0 Å². The van der Waals surface area contributed by atoms with Crippen molar-refractivity contribution in [2.45, 2.75) is 20.5 Å². The van der Waals surface area contributed by atoms with E-state index < -0.39 is 0 Å². The number of hydrogen-bond donors (Lipinski definition) is 2. The first-order valence-corrected chi connectivity index (χ1v) is 6.41. The predicted molar refractivity (Wildman–Crippen MR) is 80.6 cm³/mol. The summed E-state index contributed by atoms with van der Waals surface area (Å²) in [4.78, 5) is 10.9. The van der Waals surface area contributed by atoms with Gasteiger partial charge in [0, 0.05) is 12.5 Å². The van der Waals surface area contributed by atoms with Crippen LogP contribution in [-0.4, -0.2) is 23.9 Å². The Bertz CT molecular complexity index is 518. The Hall–Kier alpha value is -2.15. The maximum Gasteiger partial charge on any atom is 0.302 e. The third-order valence-corrected chi connectivity index (χ3v) is 2.29. The van der Waals surface area contributed by atoms with Crippen molar-refractivity contribution in [2.75, 3.05) is 6.61 Å². The summed E-state index contributed by atoms with van der Waals surface area (Å²) in [6.07, 6.45) is 1.56. The normalized spacial score (nSPS) is 10.3. The van der Waals surface area contributed by atoms with E-state index in [4.69, 9.17) is 15.2 Å². The van der Waals surface area contributed by atoms with Crippen molar-refractivity contribution in [3.63, 3.8) is 0 Å². The van der Waals surface area contributed by atoms with Gasteiger partial charge in [-0.25, -0.2) is 0 Å². The second kappa shape index (κ2) is 8.11. The molecule has 0 unspecified atom stereocenters. The molecule has 0 bridgehead atoms. The molecule has 6 nitrogen and oxygen atoms in total. The van der Waals surface area contributed by atoms with Gasteiger partial charge < -0.3 is 15.2 Å². The van der Waals surface area contributed by atoms with Crippen molar-refractivity contribution >= 4 is 29.5 Å². The van der Waals surface area contributed by atoms with Gasteiger partial charge in [-0.1, -0.05) is 0 Å². The van der Waals surface area contributed by atoms with E-state index in [2.05, 4.69) is 22.7 Å². The van der Waals surface area contributed by atoms with Crippen LogP contribution in [0, 0.1) is 0 Å². The second-order valence-corrected chi connectivity index (χ2v) is 4.25. The number of benzene rings is 1. The minimum absolute atomic E-state index is 0.0901. The molecular formula is C13H17N3O3S. The van der Waals surface area contributed by atoms with Crippen LogP contribution in [0.15, 0.2) is 23.3 Å². The topological polar surface area (TPSA) is 85.9 Å². The van der Waals surface area contributed by atoms with Crippen LogP contribution in [0.25, 0.3) is 0 Å². The smallest absolute Gasteiger partial charge is 0.302 e. The molecular weight excluding hydrogens is 278 g/mol. The minimum Gasteiger partial charge on any atom is -0.493 e. The van der Waals surface area contributed by atoms with E-state index in [9.17, 15) is 4.79 Å². The van der Waals surface area contributed by atoms with Gasteiger partial charge in [-0.2, -0.15) is 5.10 Å². The molecule has 1 aromatic carbocycles. The highest BCUT2D eigenvalue weighted by Crippen LogP contribution is 2.20. The third kappa shape index (κ3) is 5.66. The first kappa shape index (κ1) is 15.9. The zero-order chi connectivity index (χ0) is 15.0. The van der Waals surface area contributed by atoms with E-state index in [-0.39, 0.29) is 17.7 Å². The molecule has 0 aromatic heterocycles. The average molecular weight is 295 g/mol. The lowest BCUT2D eigenvalue weighted by Gasteiger charge is -2.11. The van der Waals surface area contributed by atoms with Crippen molar-refractivity contribution in [3.8, 4) is 5.75 Å². The second-order valence-electron chi connectivity index (χ2n) is 3.81. The van der Waals surface area contributed by atoms with Crippen LogP contribution in [-0.2, 0) is 16.1 Å². The fraction of sp³-hybridized carbons (Fsp3) is 0.308. The van der Waals surface area contributed by atoms with Gasteiger partial charge in [-0.3, -0.25) is 10.2 Å². The molecule has 0 aliphatic rings. The Kier molecular flexibility index (Phi) is 6.45. The summed E-state index contributed by atoms with van der Waals surface area (Å²) in [6.45, 7) is 3.92. The van der Waals surface area contributed by atoms with Crippen molar-refractivity contribution < 1.29 is 14.3 Å². The quantitative estimate of drug-likeness (QED) is 0.356. The molecule has 0 fully saturated rings. The van der Waals surface area contributed by atoms with Crippen LogP contribution in [0.1, 0.15) is 25.0 Å². The molecule has 0 amide bonds. The molecule has 0 atom stereocenters. The largest absolute Gasteiger partial charge is 0.493 e. The number of nitrogens with zero attached hydrogens (tertiary/aromatic N) is 1. The summed E-state index contributed by atoms with van der Waals surface area (Å²) in [5.74, 6) is 0.329. The summed E-state index contributed by atoms with van der Waals surface area (Å²) in [5.41, 5.74) is 9.30. The maximum absolute atomic E-state index is 10.9. The Morgan fingerprint density at radius 2 is 2.30 bits per heavy atom. The third-order valence-electron chi connectivity index (χ3n) is 2.20. The molecule has 0 aliphatic heterocycles. The number of esters is 1. The minimum atomic E-state index is -0.346. The molecule has 3 N–H and O–H groups in total. The summed E-state index contributed by atoms with van der Waals surface area (Å²) in [7, 11) is 0. The number of carbonyl (C=O) groups is 1. The van der Waals surface area contributed by atoms with E-state index in [1.54, 1.807) is 12.3 Å². The zero-order valence-corrected chi connectivity index (χ0v) is 12.2. The van der Waals surface area contributed by atoms with Gasteiger partial charge in [0.25, 0.3) is 0 Å². The fourth-order valence-electron chi connectivity index (χ4n) is 1.44. The van der Waals surface area contributed by atoms with Crippen LogP contribution in [0.2, 0.25) is 0 Å². The number of nitrogens with two attached hydrogens (primary N) is 1. The highest BCUT2D eigenvalue weighted by Gasteiger charge is 2.06.